The van der Waals surface area contributed by atoms with Crippen LogP contribution in [0.15, 0.2) is 35.3 Å². The Balaban J connectivity index is 2.08. The molecule has 96 valence electrons. The highest BCUT2D eigenvalue weighted by Crippen LogP contribution is 2.17. The number of hydrogen-bond donors (Lipinski definition) is 2. The summed E-state index contributed by atoms with van der Waals surface area (Å²) in [6.07, 6.45) is 1.52. The van der Waals surface area contributed by atoms with Crippen LogP contribution in [0, 0.1) is 12.7 Å². The van der Waals surface area contributed by atoms with E-state index in [1.54, 1.807) is 25.1 Å². The average molecular weight is 259 g/mol. The van der Waals surface area contributed by atoms with E-state index in [2.05, 4.69) is 20.5 Å². The Morgan fingerprint density at radius 2 is 2.21 bits per heavy atom. The predicted molar refractivity (Wildman–Crippen MR) is 68.0 cm³/mol. The number of nitrogens with one attached hydrogen (secondary N) is 2. The maximum Gasteiger partial charge on any atom is 0.350 e. The van der Waals surface area contributed by atoms with Crippen LogP contribution >= 0.6 is 0 Å². The fourth-order valence-corrected chi connectivity index (χ4v) is 1.75. The fourth-order valence-electron chi connectivity index (χ4n) is 1.75. The number of benzene rings is 1. The van der Waals surface area contributed by atoms with Crippen LogP contribution in [0.5, 0.6) is 0 Å². The van der Waals surface area contributed by atoms with Crippen LogP contribution in [-0.4, -0.2) is 19.6 Å². The normalized spacial score (nSPS) is 10.8. The number of fused-ring (bicyclic) bond motifs is 1. The van der Waals surface area contributed by atoms with Crippen LogP contribution in [-0.2, 0) is 0 Å². The predicted octanol–water partition coefficient (Wildman–Crippen LogP) is 1.61. The van der Waals surface area contributed by atoms with Gasteiger partial charge in [-0.1, -0.05) is 6.07 Å². The third-order valence-electron chi connectivity index (χ3n) is 2.76. The highest BCUT2D eigenvalue weighted by Gasteiger charge is 2.07. The molecule has 2 N–H and O–H groups in total. The maximum atomic E-state index is 13.5. The summed E-state index contributed by atoms with van der Waals surface area (Å²) in [5.74, 6) is -0.0452. The molecule has 0 saturated carbocycles. The molecule has 2 aromatic heterocycles. The van der Waals surface area contributed by atoms with Gasteiger partial charge in [-0.25, -0.2) is 23.7 Å². The van der Waals surface area contributed by atoms with Gasteiger partial charge in [0.2, 0.25) is 5.95 Å². The first-order valence-electron chi connectivity index (χ1n) is 5.60. The molecule has 1 aromatic carbocycles. The van der Waals surface area contributed by atoms with Crippen molar-refractivity contribution in [3.05, 3.63) is 52.3 Å². The lowest BCUT2D eigenvalue weighted by Crippen LogP contribution is -2.14. The van der Waals surface area contributed by atoms with Crippen LogP contribution < -0.4 is 11.0 Å². The molecule has 2 heterocycles. The average Bonchev–Trinajstić information content (AvgIpc) is 2.77. The van der Waals surface area contributed by atoms with E-state index in [9.17, 15) is 9.18 Å². The lowest BCUT2D eigenvalue weighted by atomic mass is 10.2. The van der Waals surface area contributed by atoms with Gasteiger partial charge in [-0.05, 0) is 24.6 Å². The highest BCUT2D eigenvalue weighted by atomic mass is 19.1. The van der Waals surface area contributed by atoms with Crippen molar-refractivity contribution in [2.45, 2.75) is 6.92 Å². The zero-order chi connectivity index (χ0) is 13.4. The van der Waals surface area contributed by atoms with Crippen molar-refractivity contribution in [1.82, 2.24) is 19.6 Å². The van der Waals surface area contributed by atoms with Crippen molar-refractivity contribution < 1.29 is 4.39 Å². The van der Waals surface area contributed by atoms with Crippen LogP contribution in [0.3, 0.4) is 0 Å². The van der Waals surface area contributed by atoms with Gasteiger partial charge in [0.15, 0.2) is 5.65 Å². The van der Waals surface area contributed by atoms with Gasteiger partial charge in [0.1, 0.15) is 5.82 Å². The van der Waals surface area contributed by atoms with Gasteiger partial charge in [0, 0.05) is 18.0 Å². The van der Waals surface area contributed by atoms with Crippen molar-refractivity contribution in [3.63, 3.8) is 0 Å². The Morgan fingerprint density at radius 1 is 1.37 bits per heavy atom. The Kier molecular flexibility index (Phi) is 2.52. The first-order chi connectivity index (χ1) is 9.15. The molecule has 0 saturated heterocycles. The minimum Gasteiger partial charge on any atom is -0.325 e. The van der Waals surface area contributed by atoms with Crippen LogP contribution in [0.2, 0.25) is 0 Å². The standard InChI is InChI=1S/C12H10FN5O/c1-7-2-3-8(6-9(7)13)15-11-14-5-4-10-16-17-12(19)18(10)11/h2-6H,1H3,(H,14,15)(H,17,19). The van der Waals surface area contributed by atoms with Crippen molar-refractivity contribution >= 4 is 17.3 Å². The van der Waals surface area contributed by atoms with E-state index >= 15 is 0 Å². The number of aromatic amines is 1. The van der Waals surface area contributed by atoms with E-state index < -0.39 is 5.69 Å². The molecule has 6 nitrogen and oxygen atoms in total. The summed E-state index contributed by atoms with van der Waals surface area (Å²) in [6, 6.07) is 6.31. The lowest BCUT2D eigenvalue weighted by Gasteiger charge is -2.07. The largest absolute Gasteiger partial charge is 0.350 e. The van der Waals surface area contributed by atoms with Crippen LogP contribution in [0.1, 0.15) is 5.56 Å². The number of H-pyrrole nitrogens is 1. The third-order valence-corrected chi connectivity index (χ3v) is 2.76. The second kappa shape index (κ2) is 4.20. The summed E-state index contributed by atoms with van der Waals surface area (Å²) >= 11 is 0. The minimum absolute atomic E-state index is 0.277. The molecule has 0 spiro atoms. The quantitative estimate of drug-likeness (QED) is 0.733. The number of nitrogens with zero attached hydrogens (tertiary/aromatic N) is 3. The molecule has 0 fully saturated rings. The smallest absolute Gasteiger partial charge is 0.325 e. The zero-order valence-electron chi connectivity index (χ0n) is 10.0. The van der Waals surface area contributed by atoms with Gasteiger partial charge in [-0.3, -0.25) is 0 Å². The van der Waals surface area contributed by atoms with E-state index in [4.69, 9.17) is 0 Å². The summed E-state index contributed by atoms with van der Waals surface area (Å²) < 4.78 is 14.7. The van der Waals surface area contributed by atoms with Crippen molar-refractivity contribution in [1.29, 1.82) is 0 Å². The first-order valence-corrected chi connectivity index (χ1v) is 5.60. The van der Waals surface area contributed by atoms with Crippen molar-refractivity contribution in [3.8, 4) is 0 Å². The second-order valence-electron chi connectivity index (χ2n) is 4.08. The van der Waals surface area contributed by atoms with Gasteiger partial charge in [-0.2, -0.15) is 5.10 Å². The molecule has 3 aromatic rings. The molecule has 7 heteroatoms. The second-order valence-corrected chi connectivity index (χ2v) is 4.08. The number of rotatable bonds is 2. The molecule has 0 radical (unpaired) electrons. The van der Waals surface area contributed by atoms with Crippen LogP contribution in [0.4, 0.5) is 16.0 Å². The molecular formula is C12H10FN5O. The molecule has 0 aliphatic carbocycles. The highest BCUT2D eigenvalue weighted by molar-refractivity contribution is 5.56. The van der Waals surface area contributed by atoms with E-state index in [1.165, 1.54) is 16.7 Å². The Labute approximate surface area is 106 Å². The summed E-state index contributed by atoms with van der Waals surface area (Å²) in [6.45, 7) is 1.68. The Morgan fingerprint density at radius 3 is 3.00 bits per heavy atom. The summed E-state index contributed by atoms with van der Waals surface area (Å²) in [5.41, 5.74) is 1.10. The molecule has 3 rings (SSSR count). The first kappa shape index (κ1) is 11.4. The third kappa shape index (κ3) is 1.95. The summed E-state index contributed by atoms with van der Waals surface area (Å²) in [4.78, 5) is 15.7. The molecule has 0 bridgehead atoms. The SMILES string of the molecule is Cc1ccc(Nc2nccc3n[nH]c(=O)n23)cc1F. The van der Waals surface area contributed by atoms with Gasteiger partial charge >= 0.3 is 5.69 Å². The van der Waals surface area contributed by atoms with Gasteiger partial charge in [0.05, 0.1) is 0 Å². The molecule has 0 aliphatic rings. The molecule has 0 atom stereocenters. The number of aryl methyl sites for hydroxylation is 1. The number of anilines is 2. The van der Waals surface area contributed by atoms with Gasteiger partial charge in [0.25, 0.3) is 0 Å². The number of aromatic nitrogens is 4. The summed E-state index contributed by atoms with van der Waals surface area (Å²) in [5, 5.41) is 9.04. The van der Waals surface area contributed by atoms with E-state index in [0.29, 0.717) is 16.9 Å². The van der Waals surface area contributed by atoms with Crippen LogP contribution in [0.25, 0.3) is 5.65 Å². The summed E-state index contributed by atoms with van der Waals surface area (Å²) in [7, 11) is 0. The van der Waals surface area contributed by atoms with Gasteiger partial charge < -0.3 is 5.32 Å². The van der Waals surface area contributed by atoms with Gasteiger partial charge in [-0.15, -0.1) is 0 Å². The topological polar surface area (TPSA) is 75.1 Å². The molecular weight excluding hydrogens is 249 g/mol. The fraction of sp³-hybridized carbons (Fsp3) is 0.0833. The van der Waals surface area contributed by atoms with Crippen molar-refractivity contribution in [2.24, 2.45) is 0 Å². The number of halogens is 1. The number of hydrogen-bond acceptors (Lipinski definition) is 4. The molecule has 19 heavy (non-hydrogen) atoms. The monoisotopic (exact) mass is 259 g/mol. The molecule has 0 aliphatic heterocycles. The van der Waals surface area contributed by atoms with E-state index in [-0.39, 0.29) is 11.8 Å². The Bertz CT molecular complexity index is 807. The van der Waals surface area contributed by atoms with E-state index in [0.717, 1.165) is 0 Å². The van der Waals surface area contributed by atoms with Crippen molar-refractivity contribution in [2.75, 3.05) is 5.32 Å². The zero-order valence-corrected chi connectivity index (χ0v) is 10.0. The minimum atomic E-state index is -0.404. The lowest BCUT2D eigenvalue weighted by molar-refractivity contribution is 0.619. The van der Waals surface area contributed by atoms with E-state index in [1.807, 2.05) is 0 Å². The maximum absolute atomic E-state index is 13.5. The Hall–Kier alpha value is -2.70. The molecule has 0 unspecified atom stereocenters. The molecule has 0 amide bonds.